The first-order chi connectivity index (χ1) is 24.8. The molecule has 0 aromatic heterocycles. The van der Waals surface area contributed by atoms with Crippen LogP contribution in [0.5, 0.6) is 11.5 Å². The van der Waals surface area contributed by atoms with Crippen molar-refractivity contribution in [1.29, 1.82) is 0 Å². The van der Waals surface area contributed by atoms with Crippen molar-refractivity contribution in [3.63, 3.8) is 0 Å². The zero-order valence-electron chi connectivity index (χ0n) is 30.7. The van der Waals surface area contributed by atoms with Gasteiger partial charge in [-0.05, 0) is 55.6 Å². The van der Waals surface area contributed by atoms with Gasteiger partial charge in [0.05, 0.1) is 23.3 Å². The van der Waals surface area contributed by atoms with Crippen LogP contribution in [0.1, 0.15) is 117 Å². The maximum Gasteiger partial charge on any atom is 0.289 e. The molecule has 2 aliphatic carbocycles. The summed E-state index contributed by atoms with van der Waals surface area (Å²) in [4.78, 5) is 76.1. The van der Waals surface area contributed by atoms with Gasteiger partial charge in [0.2, 0.25) is 30.3 Å². The molecule has 3 aliphatic heterocycles. The van der Waals surface area contributed by atoms with E-state index in [4.69, 9.17) is 25.9 Å². The van der Waals surface area contributed by atoms with Gasteiger partial charge in [0.15, 0.2) is 17.1 Å². The van der Waals surface area contributed by atoms with Gasteiger partial charge < -0.3 is 35.2 Å². The fourth-order valence-corrected chi connectivity index (χ4v) is 7.96. The van der Waals surface area contributed by atoms with E-state index in [1.165, 1.54) is 11.3 Å². The van der Waals surface area contributed by atoms with Gasteiger partial charge in [0.1, 0.15) is 12.1 Å². The second-order valence-electron chi connectivity index (χ2n) is 16.3. The van der Waals surface area contributed by atoms with E-state index >= 15 is 0 Å². The van der Waals surface area contributed by atoms with Crippen LogP contribution < -0.4 is 25.4 Å². The van der Waals surface area contributed by atoms with Crippen LogP contribution in [0.25, 0.3) is 0 Å². The van der Waals surface area contributed by atoms with Gasteiger partial charge in [0, 0.05) is 30.9 Å². The van der Waals surface area contributed by atoms with Gasteiger partial charge >= 0.3 is 0 Å². The molecule has 52 heavy (non-hydrogen) atoms. The van der Waals surface area contributed by atoms with E-state index in [9.17, 15) is 24.0 Å². The predicted octanol–water partition coefficient (Wildman–Crippen LogP) is 4.56. The highest BCUT2D eigenvalue weighted by atomic mass is 35.5. The summed E-state index contributed by atoms with van der Waals surface area (Å²) in [5.41, 5.74) is -0.546. The van der Waals surface area contributed by atoms with E-state index in [0.717, 1.165) is 44.9 Å². The van der Waals surface area contributed by atoms with Gasteiger partial charge in [-0.1, -0.05) is 76.6 Å². The molecule has 1 spiro atoms. The number of amides is 4. The van der Waals surface area contributed by atoms with Gasteiger partial charge in [-0.25, -0.2) is 0 Å². The highest BCUT2D eigenvalue weighted by Gasteiger charge is 2.56. The lowest BCUT2D eigenvalue weighted by molar-refractivity contribution is -0.145. The average molecular weight is 742 g/mol. The molecule has 3 fully saturated rings. The molecule has 1 aromatic carbocycles. The molecule has 1 aromatic rings. The minimum atomic E-state index is -1.07. The normalized spacial score (nSPS) is 23.8. The molecule has 3 N–H and O–H groups in total. The number of oxime groups is 1. The van der Waals surface area contributed by atoms with Crippen molar-refractivity contribution in [2.75, 3.05) is 13.3 Å². The molecule has 6 rings (SSSR count). The number of rotatable bonds is 13. The summed E-state index contributed by atoms with van der Waals surface area (Å²) in [5, 5.41) is 13.4. The summed E-state index contributed by atoms with van der Waals surface area (Å²) < 4.78 is 11.0. The lowest BCUT2D eigenvalue weighted by Gasteiger charge is -2.36. The number of hydrogen-bond donors (Lipinski definition) is 3. The quantitative estimate of drug-likeness (QED) is 0.248. The summed E-state index contributed by atoms with van der Waals surface area (Å²) >= 11 is 6.48. The standard InChI is InChI=1S/C38H52ClN5O8/c1-5-6-12-26(31(46)35(48)40-24-13-14-24)41-34(47)28-19-38(18-27(43-52-38)23-16-25(39)32-29(17-23)50-21-51-32)20-44(28)36(49)33(37(2,3)4)42-30(45)15-22-10-8-7-9-11-22/h16-17,22,24,26,28,33H,5-15,18-21H2,1-4H3,(H,40,48)(H,41,47)(H,42,45)/t26-,28-,33+,38+/m0/s1. The van der Waals surface area contributed by atoms with E-state index in [2.05, 4.69) is 21.1 Å². The molecule has 4 atom stereocenters. The molecule has 0 unspecified atom stereocenters. The summed E-state index contributed by atoms with van der Waals surface area (Å²) in [5.74, 6) is -1.39. The van der Waals surface area contributed by atoms with Crippen LogP contribution in [0.15, 0.2) is 17.3 Å². The van der Waals surface area contributed by atoms with Crippen molar-refractivity contribution in [3.8, 4) is 11.5 Å². The number of ketones is 1. The molecule has 5 aliphatic rings. The fraction of sp³-hybridized carbons (Fsp3) is 0.684. The number of Topliss-reactive ketones (excluding diaryl/α,β-unsaturated/α-hetero) is 1. The summed E-state index contributed by atoms with van der Waals surface area (Å²) in [6.07, 6.45) is 9.31. The first kappa shape index (κ1) is 37.9. The largest absolute Gasteiger partial charge is 0.454 e. The van der Waals surface area contributed by atoms with Crippen molar-refractivity contribution in [3.05, 3.63) is 22.7 Å². The van der Waals surface area contributed by atoms with Crippen molar-refractivity contribution >= 4 is 46.7 Å². The monoisotopic (exact) mass is 741 g/mol. The van der Waals surface area contributed by atoms with Crippen LogP contribution in [0.2, 0.25) is 5.02 Å². The van der Waals surface area contributed by atoms with Gasteiger partial charge in [0.25, 0.3) is 5.91 Å². The summed E-state index contributed by atoms with van der Waals surface area (Å²) in [7, 11) is 0. The number of likely N-dealkylation sites (tertiary alicyclic amines) is 1. The van der Waals surface area contributed by atoms with Gasteiger partial charge in [-0.2, -0.15) is 0 Å². The zero-order chi connectivity index (χ0) is 37.2. The van der Waals surface area contributed by atoms with E-state index in [1.807, 2.05) is 27.7 Å². The third-order valence-corrected chi connectivity index (χ3v) is 11.1. The Kier molecular flexibility index (Phi) is 11.4. The Morgan fingerprint density at radius 1 is 1.04 bits per heavy atom. The van der Waals surface area contributed by atoms with Crippen molar-refractivity contribution in [2.24, 2.45) is 16.5 Å². The first-order valence-electron chi connectivity index (χ1n) is 18.9. The number of hydrogen-bond acceptors (Lipinski definition) is 9. The Hall–Kier alpha value is -3.87. The maximum absolute atomic E-state index is 14.7. The van der Waals surface area contributed by atoms with Crippen LogP contribution in [-0.4, -0.2) is 83.1 Å². The smallest absolute Gasteiger partial charge is 0.289 e. The van der Waals surface area contributed by atoms with E-state index in [1.54, 1.807) is 12.1 Å². The van der Waals surface area contributed by atoms with Crippen LogP contribution in [0, 0.1) is 11.3 Å². The number of nitrogens with zero attached hydrogens (tertiary/aromatic N) is 2. The molecule has 0 bridgehead atoms. The highest BCUT2D eigenvalue weighted by molar-refractivity contribution is 6.38. The molecular weight excluding hydrogens is 690 g/mol. The minimum absolute atomic E-state index is 0.00994. The maximum atomic E-state index is 14.7. The van der Waals surface area contributed by atoms with E-state index < -0.39 is 52.6 Å². The lowest BCUT2D eigenvalue weighted by Crippen LogP contribution is -2.59. The molecule has 14 heteroatoms. The number of carbonyl (C=O) groups excluding carboxylic acids is 5. The second kappa shape index (κ2) is 15.6. The van der Waals surface area contributed by atoms with Crippen molar-refractivity contribution < 1.29 is 38.3 Å². The SMILES string of the molecule is CCCC[C@H](NC(=O)[C@@H]1C[C@]2(CC(c3cc(Cl)c4c(c3)OCO4)=NO2)CN1C(=O)[C@@H](NC(=O)CC1CCCCC1)C(C)(C)C)C(=O)C(=O)NC1CC1. The Bertz CT molecular complexity index is 1600. The second-order valence-corrected chi connectivity index (χ2v) is 16.7. The number of ether oxygens (including phenoxy) is 2. The Balaban J connectivity index is 1.25. The number of nitrogens with one attached hydrogen (secondary N) is 3. The van der Waals surface area contributed by atoms with Gasteiger partial charge in [-0.15, -0.1) is 0 Å². The number of fused-ring (bicyclic) bond motifs is 1. The predicted molar refractivity (Wildman–Crippen MR) is 193 cm³/mol. The molecule has 284 valence electrons. The van der Waals surface area contributed by atoms with Crippen molar-refractivity contribution in [1.82, 2.24) is 20.9 Å². The third-order valence-electron chi connectivity index (χ3n) is 10.8. The Labute approximate surface area is 310 Å². The highest BCUT2D eigenvalue weighted by Crippen LogP contribution is 2.44. The van der Waals surface area contributed by atoms with Crippen LogP contribution >= 0.6 is 11.6 Å². The molecular formula is C38H52ClN5O8. The number of benzene rings is 1. The molecule has 1 saturated heterocycles. The molecule has 3 heterocycles. The average Bonchev–Trinajstić information content (AvgIpc) is 3.46. The molecule has 4 amide bonds. The van der Waals surface area contributed by atoms with Crippen molar-refractivity contribution in [2.45, 2.75) is 141 Å². The first-order valence-corrected chi connectivity index (χ1v) is 19.2. The lowest BCUT2D eigenvalue weighted by atomic mass is 9.84. The topological polar surface area (TPSA) is 165 Å². The number of carbonyl (C=O) groups is 5. The summed E-state index contributed by atoms with van der Waals surface area (Å²) in [6, 6.07) is 0.410. The zero-order valence-corrected chi connectivity index (χ0v) is 31.4. The number of halogens is 1. The Morgan fingerprint density at radius 3 is 2.48 bits per heavy atom. The molecule has 2 saturated carbocycles. The van der Waals surface area contributed by atoms with Crippen LogP contribution in [0.4, 0.5) is 0 Å². The third kappa shape index (κ3) is 8.66. The Morgan fingerprint density at radius 2 is 1.79 bits per heavy atom. The van der Waals surface area contributed by atoms with E-state index in [-0.39, 0.29) is 50.5 Å². The fourth-order valence-electron chi connectivity index (χ4n) is 7.69. The summed E-state index contributed by atoms with van der Waals surface area (Å²) in [6.45, 7) is 7.67. The molecule has 0 radical (unpaired) electrons. The van der Waals surface area contributed by atoms with Gasteiger partial charge in [-0.3, -0.25) is 24.0 Å². The molecule has 13 nitrogen and oxygen atoms in total. The van der Waals surface area contributed by atoms with Crippen LogP contribution in [0.3, 0.4) is 0 Å². The number of unbranched alkanes of at least 4 members (excludes halogenated alkanes) is 1. The van der Waals surface area contributed by atoms with Crippen LogP contribution in [-0.2, 0) is 28.8 Å². The van der Waals surface area contributed by atoms with E-state index in [0.29, 0.717) is 40.6 Å². The minimum Gasteiger partial charge on any atom is -0.454 e.